The first kappa shape index (κ1) is 21.9. The lowest BCUT2D eigenvalue weighted by atomic mass is 10.1. The highest BCUT2D eigenvalue weighted by molar-refractivity contribution is 7.98. The molecule has 0 aliphatic carbocycles. The second-order valence-electron chi connectivity index (χ2n) is 7.01. The molecule has 9 nitrogen and oxygen atoms in total. The number of nitrogens with one attached hydrogen (secondary N) is 1. The van der Waals surface area contributed by atoms with Crippen LogP contribution in [0.5, 0.6) is 5.75 Å². The third-order valence-corrected chi connectivity index (χ3v) is 6.60. The van der Waals surface area contributed by atoms with Crippen LogP contribution in [0.4, 0.5) is 0 Å². The van der Waals surface area contributed by atoms with Crippen LogP contribution in [-0.2, 0) is 12.3 Å². The van der Waals surface area contributed by atoms with Crippen molar-refractivity contribution in [3.63, 3.8) is 0 Å². The Balaban J connectivity index is 1.39. The Morgan fingerprint density at radius 2 is 1.88 bits per heavy atom. The van der Waals surface area contributed by atoms with Gasteiger partial charge in [0.05, 0.1) is 12.9 Å². The van der Waals surface area contributed by atoms with Crippen LogP contribution >= 0.6 is 23.1 Å². The van der Waals surface area contributed by atoms with E-state index in [1.165, 1.54) is 28.7 Å². The SMILES string of the molecule is COc1ccc(C)cc1-n1nnnc1SCc1nnc(C(=O)NCc2ccc(C)cc2)s1. The number of ether oxygens (including phenoxy) is 1. The zero-order valence-electron chi connectivity index (χ0n) is 17.8. The predicted octanol–water partition coefficient (Wildman–Crippen LogP) is 3.36. The number of carbonyl (C=O) groups is 1. The third kappa shape index (κ3) is 5.11. The third-order valence-electron chi connectivity index (χ3n) is 4.56. The number of tetrazole rings is 1. The molecule has 2 aromatic carbocycles. The molecule has 1 N–H and O–H groups in total. The van der Waals surface area contributed by atoms with Gasteiger partial charge in [0, 0.05) is 6.54 Å². The number of aromatic nitrogens is 6. The summed E-state index contributed by atoms with van der Waals surface area (Å²) in [5, 5.41) is 24.7. The highest BCUT2D eigenvalue weighted by Gasteiger charge is 2.17. The standard InChI is InChI=1S/C21H21N7O2S2/c1-13-4-7-15(8-5-13)11-22-19(29)20-24-23-18(32-20)12-31-21-25-26-27-28(21)16-10-14(2)6-9-17(16)30-3/h4-10H,11-12H2,1-3H3,(H,22,29). The van der Waals surface area contributed by atoms with Crippen LogP contribution in [-0.4, -0.2) is 43.4 Å². The molecule has 164 valence electrons. The molecule has 0 unspecified atom stereocenters. The molecule has 0 bridgehead atoms. The van der Waals surface area contributed by atoms with E-state index < -0.39 is 0 Å². The Kier molecular flexibility index (Phi) is 6.76. The lowest BCUT2D eigenvalue weighted by molar-refractivity contribution is 0.0950. The molecule has 0 saturated heterocycles. The predicted molar refractivity (Wildman–Crippen MR) is 122 cm³/mol. The molecule has 2 heterocycles. The van der Waals surface area contributed by atoms with Gasteiger partial charge in [-0.05, 0) is 47.5 Å². The number of aryl methyl sites for hydroxylation is 2. The molecule has 0 spiro atoms. The molecular weight excluding hydrogens is 446 g/mol. The quantitative estimate of drug-likeness (QED) is 0.393. The lowest BCUT2D eigenvalue weighted by Gasteiger charge is -2.09. The van der Waals surface area contributed by atoms with Gasteiger partial charge in [-0.3, -0.25) is 4.79 Å². The maximum absolute atomic E-state index is 12.4. The van der Waals surface area contributed by atoms with E-state index in [0.717, 1.165) is 16.8 Å². The number of benzene rings is 2. The molecule has 0 saturated carbocycles. The number of carbonyl (C=O) groups excluding carboxylic acids is 1. The van der Waals surface area contributed by atoms with Crippen molar-refractivity contribution in [2.75, 3.05) is 7.11 Å². The molecule has 0 aliphatic heterocycles. The van der Waals surface area contributed by atoms with Gasteiger partial charge in [-0.15, -0.1) is 15.3 Å². The van der Waals surface area contributed by atoms with Crippen molar-refractivity contribution >= 4 is 29.0 Å². The molecule has 32 heavy (non-hydrogen) atoms. The fourth-order valence-corrected chi connectivity index (χ4v) is 4.51. The second kappa shape index (κ2) is 9.88. The maximum Gasteiger partial charge on any atom is 0.282 e. The summed E-state index contributed by atoms with van der Waals surface area (Å²) in [6.07, 6.45) is 0. The van der Waals surface area contributed by atoms with Crippen molar-refractivity contribution in [3.8, 4) is 11.4 Å². The van der Waals surface area contributed by atoms with Crippen molar-refractivity contribution in [1.29, 1.82) is 0 Å². The van der Waals surface area contributed by atoms with E-state index in [9.17, 15) is 4.79 Å². The summed E-state index contributed by atoms with van der Waals surface area (Å²) in [5.41, 5.74) is 4.03. The van der Waals surface area contributed by atoms with E-state index in [1.54, 1.807) is 11.8 Å². The summed E-state index contributed by atoms with van der Waals surface area (Å²) < 4.78 is 7.07. The van der Waals surface area contributed by atoms with Gasteiger partial charge < -0.3 is 10.1 Å². The fourth-order valence-electron chi connectivity index (χ4n) is 2.88. The normalized spacial score (nSPS) is 10.8. The van der Waals surface area contributed by atoms with Gasteiger partial charge in [-0.25, -0.2) is 0 Å². The van der Waals surface area contributed by atoms with E-state index in [2.05, 4.69) is 31.0 Å². The highest BCUT2D eigenvalue weighted by atomic mass is 32.2. The van der Waals surface area contributed by atoms with E-state index in [1.807, 2.05) is 56.3 Å². The number of rotatable bonds is 8. The maximum atomic E-state index is 12.4. The Labute approximate surface area is 193 Å². The first-order valence-electron chi connectivity index (χ1n) is 9.76. The molecule has 11 heteroatoms. The summed E-state index contributed by atoms with van der Waals surface area (Å²) in [6, 6.07) is 13.8. The van der Waals surface area contributed by atoms with Gasteiger partial charge in [-0.1, -0.05) is 59.0 Å². The molecule has 2 aromatic heterocycles. The number of hydrogen-bond acceptors (Lipinski definition) is 9. The van der Waals surface area contributed by atoms with Gasteiger partial charge in [0.1, 0.15) is 16.4 Å². The Hall–Kier alpha value is -3.31. The van der Waals surface area contributed by atoms with Crippen LogP contribution in [0.3, 0.4) is 0 Å². The van der Waals surface area contributed by atoms with Crippen LogP contribution in [0, 0.1) is 13.8 Å². The monoisotopic (exact) mass is 467 g/mol. The molecule has 0 radical (unpaired) electrons. The molecule has 0 aliphatic rings. The molecule has 4 aromatic rings. The van der Waals surface area contributed by atoms with E-state index in [-0.39, 0.29) is 5.91 Å². The highest BCUT2D eigenvalue weighted by Crippen LogP contribution is 2.29. The number of hydrogen-bond donors (Lipinski definition) is 1. The number of methoxy groups -OCH3 is 1. The van der Waals surface area contributed by atoms with Gasteiger partial charge in [-0.2, -0.15) is 4.68 Å². The Morgan fingerprint density at radius 1 is 1.09 bits per heavy atom. The van der Waals surface area contributed by atoms with Gasteiger partial charge in [0.2, 0.25) is 10.2 Å². The largest absolute Gasteiger partial charge is 0.494 e. The van der Waals surface area contributed by atoms with Gasteiger partial charge in [0.15, 0.2) is 0 Å². The van der Waals surface area contributed by atoms with Crippen LogP contribution in [0.2, 0.25) is 0 Å². The van der Waals surface area contributed by atoms with Gasteiger partial charge >= 0.3 is 0 Å². The molecule has 0 atom stereocenters. The average Bonchev–Trinajstić information content (AvgIpc) is 3.46. The van der Waals surface area contributed by atoms with Gasteiger partial charge in [0.25, 0.3) is 5.91 Å². The van der Waals surface area contributed by atoms with E-state index in [0.29, 0.717) is 33.2 Å². The first-order valence-corrected chi connectivity index (χ1v) is 11.6. The molecular formula is C21H21N7O2S2. The number of thioether (sulfide) groups is 1. The second-order valence-corrected chi connectivity index (χ2v) is 9.01. The van der Waals surface area contributed by atoms with Crippen molar-refractivity contribution in [3.05, 3.63) is 69.2 Å². The summed E-state index contributed by atoms with van der Waals surface area (Å²) >= 11 is 2.67. The number of nitrogens with zero attached hydrogens (tertiary/aromatic N) is 6. The Bertz CT molecular complexity index is 1220. The average molecular weight is 468 g/mol. The lowest BCUT2D eigenvalue weighted by Crippen LogP contribution is -2.22. The van der Waals surface area contributed by atoms with Crippen LogP contribution in [0.15, 0.2) is 47.6 Å². The van der Waals surface area contributed by atoms with Crippen LogP contribution in [0.25, 0.3) is 5.69 Å². The van der Waals surface area contributed by atoms with Crippen LogP contribution in [0.1, 0.15) is 31.5 Å². The zero-order chi connectivity index (χ0) is 22.5. The van der Waals surface area contributed by atoms with Crippen molar-refractivity contribution in [2.45, 2.75) is 31.3 Å². The van der Waals surface area contributed by atoms with Crippen molar-refractivity contribution in [2.24, 2.45) is 0 Å². The molecule has 4 rings (SSSR count). The minimum Gasteiger partial charge on any atom is -0.494 e. The zero-order valence-corrected chi connectivity index (χ0v) is 19.4. The molecule has 0 fully saturated rings. The molecule has 1 amide bonds. The van der Waals surface area contributed by atoms with E-state index in [4.69, 9.17) is 4.74 Å². The Morgan fingerprint density at radius 3 is 2.66 bits per heavy atom. The first-order chi connectivity index (χ1) is 15.5. The van der Waals surface area contributed by atoms with Crippen LogP contribution < -0.4 is 10.1 Å². The van der Waals surface area contributed by atoms with E-state index >= 15 is 0 Å². The minimum absolute atomic E-state index is 0.242. The van der Waals surface area contributed by atoms with Crippen molar-refractivity contribution < 1.29 is 9.53 Å². The smallest absolute Gasteiger partial charge is 0.282 e. The summed E-state index contributed by atoms with van der Waals surface area (Å²) in [4.78, 5) is 12.4. The summed E-state index contributed by atoms with van der Waals surface area (Å²) in [6.45, 7) is 4.46. The van der Waals surface area contributed by atoms with Crippen molar-refractivity contribution in [1.82, 2.24) is 35.7 Å². The number of amides is 1. The fraction of sp³-hybridized carbons (Fsp3) is 0.238. The summed E-state index contributed by atoms with van der Waals surface area (Å²) in [7, 11) is 1.61. The topological polar surface area (TPSA) is 108 Å². The summed E-state index contributed by atoms with van der Waals surface area (Å²) in [5.74, 6) is 0.916. The minimum atomic E-state index is -0.242.